The number of esters is 1. The van der Waals surface area contributed by atoms with Crippen molar-refractivity contribution in [3.8, 4) is 0 Å². The molecule has 1 aromatic carbocycles. The van der Waals surface area contributed by atoms with Gasteiger partial charge in [-0.15, -0.1) is 0 Å². The van der Waals surface area contributed by atoms with E-state index in [1.165, 1.54) is 11.1 Å². The maximum absolute atomic E-state index is 11.9. The molecule has 0 aromatic heterocycles. The number of aryl methyl sites for hydroxylation is 1. The zero-order chi connectivity index (χ0) is 17.2. The number of rotatable bonds is 4. The lowest BCUT2D eigenvalue weighted by Crippen LogP contribution is -2.44. The van der Waals surface area contributed by atoms with Crippen LogP contribution in [0.2, 0.25) is 0 Å². The number of hydrogen-bond donors (Lipinski definition) is 0. The van der Waals surface area contributed by atoms with E-state index in [1.54, 1.807) is 0 Å². The van der Waals surface area contributed by atoms with Crippen LogP contribution < -0.4 is 0 Å². The third-order valence-electron chi connectivity index (χ3n) is 5.22. The molecule has 2 nitrogen and oxygen atoms in total. The highest BCUT2D eigenvalue weighted by atomic mass is 35.5. The molecule has 1 fully saturated rings. The second-order valence-electron chi connectivity index (χ2n) is 7.39. The second kappa shape index (κ2) is 7.44. The molecule has 128 valence electrons. The van der Waals surface area contributed by atoms with Crippen LogP contribution in [0.4, 0.5) is 0 Å². The molecule has 0 spiro atoms. The van der Waals surface area contributed by atoms with E-state index in [-0.39, 0.29) is 17.4 Å². The number of ether oxygens (including phenoxy) is 1. The first-order valence-electron chi connectivity index (χ1n) is 8.27. The summed E-state index contributed by atoms with van der Waals surface area (Å²) in [7, 11) is 0. The van der Waals surface area contributed by atoms with Crippen LogP contribution in [-0.4, -0.2) is 16.9 Å². The lowest BCUT2D eigenvalue weighted by atomic mass is 9.64. The fraction of sp³-hybridized carbons (Fsp3) is 0.632. The standard InChI is InChI=1S/C19H26Cl2O2/c1-12-5-8-14(9-6-12)19(3,4)15-10-7-13(2)11-16(15)23-18(22)17(20)21/h5-6,8-9,13,15-17H,7,10-11H2,1-4H3/t13-,15-,16-/m1/s1. The van der Waals surface area contributed by atoms with Crippen molar-refractivity contribution in [3.63, 3.8) is 0 Å². The molecule has 0 radical (unpaired) electrons. The number of hydrogen-bond acceptors (Lipinski definition) is 2. The van der Waals surface area contributed by atoms with Crippen LogP contribution in [0.25, 0.3) is 0 Å². The summed E-state index contributed by atoms with van der Waals surface area (Å²) in [6.07, 6.45) is 2.92. The van der Waals surface area contributed by atoms with Crippen molar-refractivity contribution in [2.45, 2.75) is 63.3 Å². The Bertz CT molecular complexity index is 537. The Morgan fingerprint density at radius 2 is 1.83 bits per heavy atom. The molecule has 0 bridgehead atoms. The van der Waals surface area contributed by atoms with Crippen LogP contribution in [0.1, 0.15) is 51.2 Å². The average Bonchev–Trinajstić information content (AvgIpc) is 2.47. The Kier molecular flexibility index (Phi) is 6.02. The van der Waals surface area contributed by atoms with Gasteiger partial charge in [-0.05, 0) is 36.7 Å². The van der Waals surface area contributed by atoms with Gasteiger partial charge in [0.15, 0.2) is 0 Å². The zero-order valence-corrected chi connectivity index (χ0v) is 15.8. The first-order chi connectivity index (χ1) is 10.7. The molecule has 1 aliphatic rings. The third-order valence-corrected chi connectivity index (χ3v) is 5.58. The monoisotopic (exact) mass is 356 g/mol. The van der Waals surface area contributed by atoms with Gasteiger partial charge in [0, 0.05) is 5.92 Å². The molecule has 4 heteroatoms. The SMILES string of the molecule is Cc1ccc(C(C)(C)[C@@H]2CC[C@@H](C)C[C@H]2OC(=O)C(Cl)Cl)cc1. The van der Waals surface area contributed by atoms with E-state index in [4.69, 9.17) is 27.9 Å². The predicted molar refractivity (Wildman–Crippen MR) is 96.1 cm³/mol. The van der Waals surface area contributed by atoms with E-state index < -0.39 is 10.8 Å². The number of halogens is 2. The molecular formula is C19H26Cl2O2. The minimum Gasteiger partial charge on any atom is -0.460 e. The molecule has 0 aliphatic heterocycles. The van der Waals surface area contributed by atoms with Crippen molar-refractivity contribution in [3.05, 3.63) is 35.4 Å². The molecule has 1 saturated carbocycles. The summed E-state index contributed by atoms with van der Waals surface area (Å²) in [5, 5.41) is 0. The van der Waals surface area contributed by atoms with Crippen molar-refractivity contribution in [1.82, 2.24) is 0 Å². The zero-order valence-electron chi connectivity index (χ0n) is 14.3. The number of carbonyl (C=O) groups excluding carboxylic acids is 1. The fourth-order valence-electron chi connectivity index (χ4n) is 3.68. The minimum absolute atomic E-state index is 0.0765. The summed E-state index contributed by atoms with van der Waals surface area (Å²) in [5.41, 5.74) is 2.45. The number of alkyl halides is 2. The Morgan fingerprint density at radius 1 is 1.22 bits per heavy atom. The van der Waals surface area contributed by atoms with E-state index in [9.17, 15) is 4.79 Å². The van der Waals surface area contributed by atoms with E-state index >= 15 is 0 Å². The Balaban J connectivity index is 2.25. The van der Waals surface area contributed by atoms with Gasteiger partial charge in [0.25, 0.3) is 0 Å². The second-order valence-corrected chi connectivity index (χ2v) is 8.48. The summed E-state index contributed by atoms with van der Waals surface area (Å²) >= 11 is 11.3. The Labute approximate surface area is 149 Å². The van der Waals surface area contributed by atoms with Crippen molar-refractivity contribution in [1.29, 1.82) is 0 Å². The predicted octanol–water partition coefficient (Wildman–Crippen LogP) is 5.42. The highest BCUT2D eigenvalue weighted by Crippen LogP contribution is 2.43. The number of carbonyl (C=O) groups is 1. The normalized spacial score (nSPS) is 25.4. The third kappa shape index (κ3) is 4.42. The smallest absolute Gasteiger partial charge is 0.339 e. The fourth-order valence-corrected chi connectivity index (χ4v) is 3.79. The molecule has 23 heavy (non-hydrogen) atoms. The molecule has 0 heterocycles. The van der Waals surface area contributed by atoms with Crippen LogP contribution in [0.15, 0.2) is 24.3 Å². The maximum Gasteiger partial charge on any atom is 0.339 e. The molecule has 0 amide bonds. The lowest BCUT2D eigenvalue weighted by molar-refractivity contribution is -0.154. The molecule has 1 aliphatic carbocycles. The molecule has 0 saturated heterocycles. The van der Waals surface area contributed by atoms with Crippen LogP contribution >= 0.6 is 23.2 Å². The van der Waals surface area contributed by atoms with Gasteiger partial charge in [0.05, 0.1) is 0 Å². The molecule has 3 atom stereocenters. The van der Waals surface area contributed by atoms with E-state index in [0.29, 0.717) is 5.92 Å². The van der Waals surface area contributed by atoms with Gasteiger partial charge in [0.1, 0.15) is 6.10 Å². The summed E-state index contributed by atoms with van der Waals surface area (Å²) < 4.78 is 5.66. The van der Waals surface area contributed by atoms with Gasteiger partial charge in [-0.1, -0.05) is 80.2 Å². The van der Waals surface area contributed by atoms with Crippen molar-refractivity contribution in [2.75, 3.05) is 0 Å². The molecular weight excluding hydrogens is 331 g/mol. The van der Waals surface area contributed by atoms with Crippen molar-refractivity contribution >= 4 is 29.2 Å². The average molecular weight is 357 g/mol. The summed E-state index contributed by atoms with van der Waals surface area (Å²) in [5.74, 6) is 0.275. The first-order valence-corrected chi connectivity index (χ1v) is 9.15. The molecule has 1 aromatic rings. The van der Waals surface area contributed by atoms with Crippen LogP contribution in [0.3, 0.4) is 0 Å². The quantitative estimate of drug-likeness (QED) is 0.531. The Morgan fingerprint density at radius 3 is 2.39 bits per heavy atom. The minimum atomic E-state index is -1.12. The van der Waals surface area contributed by atoms with Crippen LogP contribution in [-0.2, 0) is 14.9 Å². The lowest BCUT2D eigenvalue weighted by Gasteiger charge is -2.44. The van der Waals surface area contributed by atoms with Crippen molar-refractivity contribution in [2.24, 2.45) is 11.8 Å². The summed E-state index contributed by atoms with van der Waals surface area (Å²) in [4.78, 5) is 10.8. The van der Waals surface area contributed by atoms with Gasteiger partial charge >= 0.3 is 5.97 Å². The number of benzene rings is 1. The van der Waals surface area contributed by atoms with Gasteiger partial charge in [-0.2, -0.15) is 0 Å². The van der Waals surface area contributed by atoms with E-state index in [1.807, 2.05) is 0 Å². The maximum atomic E-state index is 11.9. The highest BCUT2D eigenvalue weighted by molar-refractivity contribution is 6.52. The van der Waals surface area contributed by atoms with E-state index in [0.717, 1.165) is 19.3 Å². The van der Waals surface area contributed by atoms with Crippen LogP contribution in [0, 0.1) is 18.8 Å². The van der Waals surface area contributed by atoms with Gasteiger partial charge in [-0.25, -0.2) is 4.79 Å². The molecule has 2 rings (SSSR count). The van der Waals surface area contributed by atoms with E-state index in [2.05, 4.69) is 52.0 Å². The summed E-state index contributed by atoms with van der Waals surface area (Å²) in [6, 6.07) is 8.63. The largest absolute Gasteiger partial charge is 0.460 e. The molecule has 0 N–H and O–H groups in total. The Hall–Kier alpha value is -0.730. The van der Waals surface area contributed by atoms with Gasteiger partial charge in [-0.3, -0.25) is 0 Å². The molecule has 0 unspecified atom stereocenters. The summed E-state index contributed by atoms with van der Waals surface area (Å²) in [6.45, 7) is 8.76. The first kappa shape index (κ1) is 18.6. The highest BCUT2D eigenvalue weighted by Gasteiger charge is 2.42. The van der Waals surface area contributed by atoms with Crippen LogP contribution in [0.5, 0.6) is 0 Å². The van der Waals surface area contributed by atoms with Gasteiger partial charge in [0.2, 0.25) is 4.84 Å². The van der Waals surface area contributed by atoms with Crippen molar-refractivity contribution < 1.29 is 9.53 Å². The topological polar surface area (TPSA) is 26.3 Å². The van der Waals surface area contributed by atoms with Gasteiger partial charge < -0.3 is 4.74 Å².